The van der Waals surface area contributed by atoms with Crippen molar-refractivity contribution in [2.75, 3.05) is 6.54 Å². The second-order valence-corrected chi connectivity index (χ2v) is 4.20. The zero-order valence-electron chi connectivity index (χ0n) is 9.95. The smallest absolute Gasteiger partial charge is 0.0483 e. The van der Waals surface area contributed by atoms with Crippen LogP contribution in [-0.4, -0.2) is 11.1 Å². The molecule has 0 aliphatic heterocycles. The molecule has 0 atom stereocenters. The van der Waals surface area contributed by atoms with Gasteiger partial charge in [-0.3, -0.25) is 0 Å². The van der Waals surface area contributed by atoms with E-state index >= 15 is 0 Å². The largest absolute Gasteiger partial charge is 0.347 e. The van der Waals surface area contributed by atoms with E-state index in [1.165, 1.54) is 22.9 Å². The fourth-order valence-corrected chi connectivity index (χ4v) is 2.24. The molecule has 2 aromatic rings. The first-order valence-corrected chi connectivity index (χ1v) is 6.13. The molecule has 0 unspecified atom stereocenters. The van der Waals surface area contributed by atoms with Gasteiger partial charge in [0, 0.05) is 23.6 Å². The molecule has 86 valence electrons. The van der Waals surface area contributed by atoms with Crippen molar-refractivity contribution in [3.8, 4) is 0 Å². The zero-order valence-corrected chi connectivity index (χ0v) is 9.95. The van der Waals surface area contributed by atoms with Gasteiger partial charge in [-0.15, -0.1) is 0 Å². The molecule has 1 heterocycles. The topological polar surface area (TPSA) is 30.9 Å². The third-order valence-electron chi connectivity index (χ3n) is 3.11. The van der Waals surface area contributed by atoms with Crippen LogP contribution in [0.1, 0.15) is 25.3 Å². The molecule has 2 nitrogen and oxygen atoms in total. The van der Waals surface area contributed by atoms with Crippen LogP contribution in [0.4, 0.5) is 0 Å². The predicted octanol–water partition coefficient (Wildman–Crippen LogP) is 2.94. The van der Waals surface area contributed by atoms with Gasteiger partial charge < -0.3 is 10.3 Å². The molecule has 16 heavy (non-hydrogen) atoms. The number of nitrogens with two attached hydrogens (primary N) is 1. The number of hydrogen-bond donors (Lipinski definition) is 1. The lowest BCUT2D eigenvalue weighted by atomic mass is 10.1. The second kappa shape index (κ2) is 5.17. The zero-order chi connectivity index (χ0) is 11.4. The average molecular weight is 216 g/mol. The van der Waals surface area contributed by atoms with Gasteiger partial charge in [-0.1, -0.05) is 18.2 Å². The van der Waals surface area contributed by atoms with Crippen molar-refractivity contribution in [2.45, 2.75) is 32.7 Å². The number of rotatable bonds is 5. The molecule has 0 amide bonds. The van der Waals surface area contributed by atoms with Gasteiger partial charge >= 0.3 is 0 Å². The molecule has 0 aliphatic rings. The minimum atomic E-state index is 0.798. The Hall–Kier alpha value is -1.28. The summed E-state index contributed by atoms with van der Waals surface area (Å²) in [5, 5.41) is 1.40. The maximum absolute atomic E-state index is 5.53. The van der Waals surface area contributed by atoms with Gasteiger partial charge in [-0.05, 0) is 44.4 Å². The lowest BCUT2D eigenvalue weighted by Crippen LogP contribution is -1.98. The Labute approximate surface area is 97.1 Å². The summed E-state index contributed by atoms with van der Waals surface area (Å²) in [4.78, 5) is 0. The first kappa shape index (κ1) is 11.2. The van der Waals surface area contributed by atoms with E-state index in [-0.39, 0.29) is 0 Å². The lowest BCUT2D eigenvalue weighted by Gasteiger charge is -1.98. The van der Waals surface area contributed by atoms with Crippen molar-refractivity contribution in [1.82, 2.24) is 4.57 Å². The third kappa shape index (κ3) is 2.12. The fraction of sp³-hybridized carbons (Fsp3) is 0.429. The molecule has 0 aliphatic carbocycles. The normalized spacial score (nSPS) is 11.1. The summed E-state index contributed by atoms with van der Waals surface area (Å²) in [5.41, 5.74) is 8.35. The molecule has 0 saturated heterocycles. The lowest BCUT2D eigenvalue weighted by molar-refractivity contribution is 0.738. The highest BCUT2D eigenvalue weighted by molar-refractivity contribution is 5.83. The van der Waals surface area contributed by atoms with Gasteiger partial charge in [0.1, 0.15) is 0 Å². The Bertz CT molecular complexity index is 457. The van der Waals surface area contributed by atoms with Crippen molar-refractivity contribution < 1.29 is 0 Å². The molecule has 2 rings (SSSR count). The van der Waals surface area contributed by atoms with Crippen molar-refractivity contribution in [3.63, 3.8) is 0 Å². The summed E-state index contributed by atoms with van der Waals surface area (Å²) in [6.45, 7) is 4.03. The van der Waals surface area contributed by atoms with E-state index in [1.54, 1.807) is 0 Å². The molecular formula is C14H20N2. The number of aromatic nitrogens is 1. The first-order chi connectivity index (χ1) is 7.86. The van der Waals surface area contributed by atoms with E-state index < -0.39 is 0 Å². The Morgan fingerprint density at radius 2 is 2.00 bits per heavy atom. The summed E-state index contributed by atoms with van der Waals surface area (Å²) in [6, 6.07) is 8.65. The third-order valence-corrected chi connectivity index (χ3v) is 3.11. The highest BCUT2D eigenvalue weighted by Crippen LogP contribution is 2.22. The molecular weight excluding hydrogens is 196 g/mol. The molecule has 0 bridgehead atoms. The van der Waals surface area contributed by atoms with Crippen LogP contribution in [0, 0.1) is 0 Å². The Balaban J connectivity index is 2.30. The van der Waals surface area contributed by atoms with E-state index in [0.29, 0.717) is 0 Å². The van der Waals surface area contributed by atoms with E-state index in [1.807, 2.05) is 0 Å². The van der Waals surface area contributed by atoms with Crippen LogP contribution in [-0.2, 0) is 13.0 Å². The van der Waals surface area contributed by atoms with Crippen LogP contribution in [0.5, 0.6) is 0 Å². The number of fused-ring (bicyclic) bond motifs is 1. The standard InChI is InChI=1S/C14H20N2/c1-2-16-11-12(7-5-6-10-15)13-8-3-4-9-14(13)16/h3-4,8-9,11H,2,5-7,10,15H2,1H3. The quantitative estimate of drug-likeness (QED) is 0.765. The molecule has 1 aromatic carbocycles. The van der Waals surface area contributed by atoms with Crippen LogP contribution in [0.3, 0.4) is 0 Å². The Morgan fingerprint density at radius 1 is 1.19 bits per heavy atom. The van der Waals surface area contributed by atoms with E-state index in [0.717, 1.165) is 25.9 Å². The Morgan fingerprint density at radius 3 is 2.75 bits per heavy atom. The molecule has 2 N–H and O–H groups in total. The van der Waals surface area contributed by atoms with Crippen molar-refractivity contribution in [1.29, 1.82) is 0 Å². The number of hydrogen-bond acceptors (Lipinski definition) is 1. The summed E-state index contributed by atoms with van der Waals surface area (Å²) in [5.74, 6) is 0. The monoisotopic (exact) mass is 216 g/mol. The predicted molar refractivity (Wildman–Crippen MR) is 69.6 cm³/mol. The van der Waals surface area contributed by atoms with Gasteiger partial charge in [0.25, 0.3) is 0 Å². The van der Waals surface area contributed by atoms with E-state index in [4.69, 9.17) is 5.73 Å². The second-order valence-electron chi connectivity index (χ2n) is 4.20. The molecule has 0 saturated carbocycles. The van der Waals surface area contributed by atoms with Gasteiger partial charge in [0.2, 0.25) is 0 Å². The number of aryl methyl sites for hydroxylation is 2. The van der Waals surface area contributed by atoms with Crippen LogP contribution >= 0.6 is 0 Å². The molecule has 0 radical (unpaired) electrons. The molecule has 0 spiro atoms. The number of nitrogens with zero attached hydrogens (tertiary/aromatic N) is 1. The summed E-state index contributed by atoms with van der Waals surface area (Å²) in [7, 11) is 0. The molecule has 0 fully saturated rings. The Kier molecular flexibility index (Phi) is 3.62. The SMILES string of the molecule is CCn1cc(CCCCN)c2ccccc21. The van der Waals surface area contributed by atoms with Crippen molar-refractivity contribution >= 4 is 10.9 Å². The summed E-state index contributed by atoms with van der Waals surface area (Å²) < 4.78 is 2.33. The fourth-order valence-electron chi connectivity index (χ4n) is 2.24. The first-order valence-electron chi connectivity index (χ1n) is 6.13. The van der Waals surface area contributed by atoms with Crippen LogP contribution in [0.25, 0.3) is 10.9 Å². The van der Waals surface area contributed by atoms with Gasteiger partial charge in [0.15, 0.2) is 0 Å². The van der Waals surface area contributed by atoms with E-state index in [9.17, 15) is 0 Å². The number of unbranched alkanes of at least 4 members (excludes halogenated alkanes) is 1. The number of para-hydroxylation sites is 1. The molecule has 2 heteroatoms. The van der Waals surface area contributed by atoms with Crippen LogP contribution in [0.2, 0.25) is 0 Å². The highest BCUT2D eigenvalue weighted by Gasteiger charge is 2.05. The highest BCUT2D eigenvalue weighted by atomic mass is 14.9. The summed E-state index contributed by atoms with van der Waals surface area (Å²) >= 11 is 0. The van der Waals surface area contributed by atoms with Crippen molar-refractivity contribution in [2.24, 2.45) is 5.73 Å². The minimum absolute atomic E-state index is 0.798. The van der Waals surface area contributed by atoms with Crippen LogP contribution < -0.4 is 5.73 Å². The average Bonchev–Trinajstić information content (AvgIpc) is 2.68. The molecule has 1 aromatic heterocycles. The summed E-state index contributed by atoms with van der Waals surface area (Å²) in [6.07, 6.45) is 5.74. The van der Waals surface area contributed by atoms with Gasteiger partial charge in [-0.25, -0.2) is 0 Å². The van der Waals surface area contributed by atoms with Gasteiger partial charge in [0.05, 0.1) is 0 Å². The van der Waals surface area contributed by atoms with Crippen molar-refractivity contribution in [3.05, 3.63) is 36.0 Å². The van der Waals surface area contributed by atoms with E-state index in [2.05, 4.69) is 42.0 Å². The minimum Gasteiger partial charge on any atom is -0.347 e. The van der Waals surface area contributed by atoms with Crippen LogP contribution in [0.15, 0.2) is 30.5 Å². The number of benzene rings is 1. The maximum atomic E-state index is 5.53. The maximum Gasteiger partial charge on any atom is 0.0483 e. The van der Waals surface area contributed by atoms with Gasteiger partial charge in [-0.2, -0.15) is 0 Å².